The van der Waals surface area contributed by atoms with Gasteiger partial charge in [-0.2, -0.15) is 0 Å². The molecule has 1 aromatic carbocycles. The molecule has 0 saturated carbocycles. The van der Waals surface area contributed by atoms with Gasteiger partial charge in [-0.15, -0.1) is 24.0 Å². The average Bonchev–Trinajstić information content (AvgIpc) is 3.27. The Balaban J connectivity index is 0.00000300. The van der Waals surface area contributed by atoms with Gasteiger partial charge in [0.1, 0.15) is 17.7 Å². The fourth-order valence-electron chi connectivity index (χ4n) is 3.19. The van der Waals surface area contributed by atoms with Crippen molar-refractivity contribution < 1.29 is 14.0 Å². The molecule has 0 aliphatic carbocycles. The Hall–Kier alpha value is -1.85. The molecule has 1 aliphatic rings. The number of guanidine groups is 1. The summed E-state index contributed by atoms with van der Waals surface area (Å²) in [6.45, 7) is 7.37. The van der Waals surface area contributed by atoms with Crippen LogP contribution in [0.3, 0.4) is 0 Å². The molecule has 1 saturated heterocycles. The first kappa shape index (κ1) is 23.4. The van der Waals surface area contributed by atoms with E-state index in [1.165, 1.54) is 5.56 Å². The first-order chi connectivity index (χ1) is 13.8. The highest BCUT2D eigenvalue weighted by atomic mass is 127. The summed E-state index contributed by atoms with van der Waals surface area (Å²) >= 11 is 0. The first-order valence-electron chi connectivity index (χ1n) is 9.67. The van der Waals surface area contributed by atoms with E-state index in [0.29, 0.717) is 6.54 Å². The summed E-state index contributed by atoms with van der Waals surface area (Å²) in [5.74, 6) is 1.62. The first-order valence-corrected chi connectivity index (χ1v) is 9.67. The Morgan fingerprint density at radius 2 is 1.97 bits per heavy atom. The van der Waals surface area contributed by atoms with Gasteiger partial charge in [-0.25, -0.2) is 4.99 Å². The van der Waals surface area contributed by atoms with Crippen molar-refractivity contribution >= 4 is 29.9 Å². The number of ether oxygens (including phenoxy) is 2. The fraction of sp³-hybridized carbons (Fsp3) is 0.500. The summed E-state index contributed by atoms with van der Waals surface area (Å²) in [6, 6.07) is 10.3. The van der Waals surface area contributed by atoms with Gasteiger partial charge in [-0.3, -0.25) is 4.90 Å². The van der Waals surface area contributed by atoms with Crippen LogP contribution in [-0.2, 0) is 11.3 Å². The van der Waals surface area contributed by atoms with Crippen molar-refractivity contribution in [3.8, 4) is 5.75 Å². The Morgan fingerprint density at radius 1 is 1.21 bits per heavy atom. The zero-order valence-corrected chi connectivity index (χ0v) is 19.3. The molecular formula is C20H30IN5O3. The summed E-state index contributed by atoms with van der Waals surface area (Å²) in [5, 5.41) is 10.7. The molecule has 0 radical (unpaired) electrons. The number of nitrogens with one attached hydrogen (secondary N) is 2. The van der Waals surface area contributed by atoms with E-state index < -0.39 is 0 Å². The monoisotopic (exact) mass is 515 g/mol. The lowest BCUT2D eigenvalue weighted by Crippen LogP contribution is -2.46. The minimum atomic E-state index is 0. The SMILES string of the molecule is CCNC(=NCc1ccon1)NCC(c1ccc(OC)cc1)N1CCOCC1.I. The third-order valence-electron chi connectivity index (χ3n) is 4.68. The van der Waals surface area contributed by atoms with E-state index in [4.69, 9.17) is 14.0 Å². The third kappa shape index (κ3) is 7.16. The quantitative estimate of drug-likeness (QED) is 0.318. The largest absolute Gasteiger partial charge is 0.497 e. The highest BCUT2D eigenvalue weighted by Gasteiger charge is 2.23. The van der Waals surface area contributed by atoms with E-state index in [-0.39, 0.29) is 30.0 Å². The topological polar surface area (TPSA) is 84.2 Å². The number of nitrogens with zero attached hydrogens (tertiary/aromatic N) is 3. The van der Waals surface area contributed by atoms with Crippen LogP contribution >= 0.6 is 24.0 Å². The molecular weight excluding hydrogens is 485 g/mol. The van der Waals surface area contributed by atoms with Crippen molar-refractivity contribution in [2.45, 2.75) is 19.5 Å². The summed E-state index contributed by atoms with van der Waals surface area (Å²) in [4.78, 5) is 7.05. The highest BCUT2D eigenvalue weighted by Crippen LogP contribution is 2.23. The third-order valence-corrected chi connectivity index (χ3v) is 4.68. The second-order valence-corrected chi connectivity index (χ2v) is 6.50. The Bertz CT molecular complexity index is 718. The van der Waals surface area contributed by atoms with E-state index in [2.05, 4.69) is 44.7 Å². The van der Waals surface area contributed by atoms with Gasteiger partial charge in [-0.05, 0) is 24.6 Å². The maximum atomic E-state index is 5.53. The molecule has 29 heavy (non-hydrogen) atoms. The summed E-state index contributed by atoms with van der Waals surface area (Å²) in [6.07, 6.45) is 1.56. The van der Waals surface area contributed by atoms with Crippen LogP contribution in [0.25, 0.3) is 0 Å². The number of methoxy groups -OCH3 is 1. The van der Waals surface area contributed by atoms with Gasteiger partial charge < -0.3 is 24.6 Å². The van der Waals surface area contributed by atoms with Crippen LogP contribution in [0.2, 0.25) is 0 Å². The maximum Gasteiger partial charge on any atom is 0.191 e. The maximum absolute atomic E-state index is 5.53. The van der Waals surface area contributed by atoms with Gasteiger partial charge in [0.2, 0.25) is 0 Å². The lowest BCUT2D eigenvalue weighted by atomic mass is 10.0. The fourth-order valence-corrected chi connectivity index (χ4v) is 3.19. The van der Waals surface area contributed by atoms with Crippen molar-refractivity contribution in [1.82, 2.24) is 20.7 Å². The van der Waals surface area contributed by atoms with E-state index >= 15 is 0 Å². The van der Waals surface area contributed by atoms with Crippen molar-refractivity contribution in [2.24, 2.45) is 4.99 Å². The predicted octanol–water partition coefficient (Wildman–Crippen LogP) is 2.43. The molecule has 1 aliphatic heterocycles. The van der Waals surface area contributed by atoms with Crippen molar-refractivity contribution in [1.29, 1.82) is 0 Å². The molecule has 0 spiro atoms. The predicted molar refractivity (Wildman–Crippen MR) is 123 cm³/mol. The van der Waals surface area contributed by atoms with E-state index in [9.17, 15) is 0 Å². The number of aromatic nitrogens is 1. The van der Waals surface area contributed by atoms with Crippen LogP contribution in [0.15, 0.2) is 46.1 Å². The van der Waals surface area contributed by atoms with Gasteiger partial charge in [0.15, 0.2) is 5.96 Å². The second kappa shape index (κ2) is 12.7. The van der Waals surface area contributed by atoms with Gasteiger partial charge in [0.05, 0.1) is 32.9 Å². The highest BCUT2D eigenvalue weighted by molar-refractivity contribution is 14.0. The summed E-state index contributed by atoms with van der Waals surface area (Å²) < 4.78 is 15.7. The summed E-state index contributed by atoms with van der Waals surface area (Å²) in [7, 11) is 1.68. The molecule has 3 rings (SSSR count). The van der Waals surface area contributed by atoms with E-state index in [0.717, 1.165) is 56.8 Å². The minimum Gasteiger partial charge on any atom is -0.497 e. The number of rotatable bonds is 8. The van der Waals surface area contributed by atoms with Gasteiger partial charge in [-0.1, -0.05) is 17.3 Å². The van der Waals surface area contributed by atoms with Crippen molar-refractivity contribution in [3.63, 3.8) is 0 Å². The minimum absolute atomic E-state index is 0. The number of benzene rings is 1. The summed E-state index contributed by atoms with van der Waals surface area (Å²) in [5.41, 5.74) is 2.04. The standard InChI is InChI=1S/C20H29N5O3.HI/c1-3-21-20(22-14-17-8-11-28-24-17)23-15-19(25-9-12-27-13-10-25)16-4-6-18(26-2)7-5-16;/h4-8,11,19H,3,9-10,12-15H2,1-2H3,(H2,21,22,23);1H. The number of halogens is 1. The van der Waals surface area contributed by atoms with Crippen LogP contribution in [0.4, 0.5) is 0 Å². The molecule has 1 atom stereocenters. The van der Waals surface area contributed by atoms with Crippen LogP contribution in [-0.4, -0.2) is 62.5 Å². The van der Waals surface area contributed by atoms with Crippen LogP contribution in [0.5, 0.6) is 5.75 Å². The number of hydrogen-bond donors (Lipinski definition) is 2. The molecule has 2 aromatic rings. The zero-order valence-electron chi connectivity index (χ0n) is 17.0. The molecule has 9 heteroatoms. The molecule has 0 amide bonds. The zero-order chi connectivity index (χ0) is 19.6. The van der Waals surface area contributed by atoms with E-state index in [1.54, 1.807) is 13.4 Å². The second-order valence-electron chi connectivity index (χ2n) is 6.50. The number of morpholine rings is 1. The Labute approximate surface area is 189 Å². The van der Waals surface area contributed by atoms with E-state index in [1.807, 2.05) is 18.2 Å². The van der Waals surface area contributed by atoms with Crippen LogP contribution in [0, 0.1) is 0 Å². The normalized spacial score (nSPS) is 16.0. The lowest BCUT2D eigenvalue weighted by molar-refractivity contribution is 0.0170. The van der Waals surface area contributed by atoms with Crippen LogP contribution < -0.4 is 15.4 Å². The smallest absolute Gasteiger partial charge is 0.191 e. The van der Waals surface area contributed by atoms with Gasteiger partial charge in [0, 0.05) is 32.2 Å². The molecule has 1 aromatic heterocycles. The Morgan fingerprint density at radius 3 is 2.59 bits per heavy atom. The van der Waals surface area contributed by atoms with Crippen molar-refractivity contribution in [2.75, 3.05) is 46.5 Å². The van der Waals surface area contributed by atoms with Gasteiger partial charge >= 0.3 is 0 Å². The lowest BCUT2D eigenvalue weighted by Gasteiger charge is -2.35. The van der Waals surface area contributed by atoms with Crippen LogP contribution in [0.1, 0.15) is 24.2 Å². The van der Waals surface area contributed by atoms with Crippen molar-refractivity contribution in [3.05, 3.63) is 47.9 Å². The average molecular weight is 515 g/mol. The molecule has 160 valence electrons. The molecule has 0 bridgehead atoms. The molecule has 2 N–H and O–H groups in total. The molecule has 1 fully saturated rings. The molecule has 8 nitrogen and oxygen atoms in total. The molecule has 1 unspecified atom stereocenters. The van der Waals surface area contributed by atoms with Gasteiger partial charge in [0.25, 0.3) is 0 Å². The number of aliphatic imine (C=N–C) groups is 1. The molecule has 2 heterocycles. The number of hydrogen-bond acceptors (Lipinski definition) is 6. The Kier molecular flexibility index (Phi) is 10.2.